The molecule has 2 N–H and O–H groups in total. The molecule has 1 aliphatic rings. The van der Waals surface area contributed by atoms with Crippen LogP contribution in [0.25, 0.3) is 76.9 Å². The molecule has 12 rings (SSSR count). The molecule has 58 heavy (non-hydrogen) atoms. The van der Waals surface area contributed by atoms with Crippen molar-refractivity contribution >= 4 is 60.1 Å². The molecule has 0 radical (unpaired) electrons. The van der Waals surface area contributed by atoms with E-state index in [1.165, 1.54) is 87.9 Å². The monoisotopic (exact) mass is 742 g/mol. The minimum absolute atomic E-state index is 0.00580. The van der Waals surface area contributed by atoms with Crippen LogP contribution in [0.1, 0.15) is 28.9 Å². The van der Waals surface area contributed by atoms with Gasteiger partial charge in [-0.25, -0.2) is 0 Å². The molecule has 274 valence electrons. The van der Waals surface area contributed by atoms with Crippen LogP contribution in [0.2, 0.25) is 0 Å². The third-order valence-corrected chi connectivity index (χ3v) is 12.2. The van der Waals surface area contributed by atoms with Gasteiger partial charge in [0.1, 0.15) is 6.17 Å². The van der Waals surface area contributed by atoms with Crippen LogP contribution >= 0.6 is 0 Å². The zero-order valence-electron chi connectivity index (χ0n) is 31.7. The van der Waals surface area contributed by atoms with Crippen LogP contribution < -0.4 is 10.6 Å². The Kier molecular flexibility index (Phi) is 7.40. The summed E-state index contributed by atoms with van der Waals surface area (Å²) in [6, 6.07) is 75.1. The van der Waals surface area contributed by atoms with Gasteiger partial charge in [0.05, 0.1) is 28.1 Å². The smallest absolute Gasteiger partial charge is 0.104 e. The molecule has 0 spiro atoms. The fourth-order valence-electron chi connectivity index (χ4n) is 9.58. The summed E-state index contributed by atoms with van der Waals surface area (Å²) in [6.45, 7) is 0. The van der Waals surface area contributed by atoms with E-state index in [-0.39, 0.29) is 12.2 Å². The number of benzene rings is 9. The first-order valence-corrected chi connectivity index (χ1v) is 20.1. The van der Waals surface area contributed by atoms with Gasteiger partial charge in [-0.3, -0.25) is 5.32 Å². The van der Waals surface area contributed by atoms with Gasteiger partial charge in [-0.15, -0.1) is 0 Å². The molecule has 3 heterocycles. The minimum Gasteiger partial charge on any atom is -0.365 e. The lowest BCUT2D eigenvalue weighted by Gasteiger charge is -2.36. The first kappa shape index (κ1) is 32.8. The molecule has 11 aromatic rings. The zero-order valence-corrected chi connectivity index (χ0v) is 31.7. The van der Waals surface area contributed by atoms with Crippen LogP contribution in [-0.2, 0) is 0 Å². The molecule has 4 nitrogen and oxygen atoms in total. The lowest BCUT2D eigenvalue weighted by Crippen LogP contribution is -2.37. The average molecular weight is 743 g/mol. The van der Waals surface area contributed by atoms with Gasteiger partial charge in [0, 0.05) is 44.0 Å². The van der Waals surface area contributed by atoms with E-state index in [1.54, 1.807) is 0 Å². The summed E-state index contributed by atoms with van der Waals surface area (Å²) in [5.74, 6) is 0. The quantitative estimate of drug-likeness (QED) is 0.184. The van der Waals surface area contributed by atoms with Gasteiger partial charge in [-0.05, 0) is 81.7 Å². The maximum absolute atomic E-state index is 3.96. The van der Waals surface area contributed by atoms with E-state index in [0.29, 0.717) is 0 Å². The lowest BCUT2D eigenvalue weighted by atomic mass is 9.90. The van der Waals surface area contributed by atoms with Crippen molar-refractivity contribution in [2.75, 3.05) is 5.32 Å². The topological polar surface area (TPSA) is 33.9 Å². The van der Waals surface area contributed by atoms with Crippen molar-refractivity contribution in [2.24, 2.45) is 0 Å². The molecule has 0 bridgehead atoms. The summed E-state index contributed by atoms with van der Waals surface area (Å²) in [4.78, 5) is 0. The molecule has 0 saturated heterocycles. The Morgan fingerprint density at radius 1 is 0.397 bits per heavy atom. The number of nitrogens with zero attached hydrogens (tertiary/aromatic N) is 2. The maximum atomic E-state index is 3.96. The van der Waals surface area contributed by atoms with Gasteiger partial charge >= 0.3 is 0 Å². The molecule has 1 aliphatic heterocycles. The van der Waals surface area contributed by atoms with Crippen LogP contribution in [0.3, 0.4) is 0 Å². The van der Waals surface area contributed by atoms with Crippen LogP contribution in [0.4, 0.5) is 5.69 Å². The van der Waals surface area contributed by atoms with Crippen molar-refractivity contribution in [3.8, 4) is 22.5 Å². The van der Waals surface area contributed by atoms with Crippen LogP contribution in [0, 0.1) is 0 Å². The number of anilines is 1. The number of hydrogen-bond acceptors (Lipinski definition) is 2. The van der Waals surface area contributed by atoms with Crippen LogP contribution in [0.15, 0.2) is 206 Å². The molecule has 4 heteroatoms. The maximum Gasteiger partial charge on any atom is 0.104 e. The number of aromatic nitrogens is 2. The summed E-state index contributed by atoms with van der Waals surface area (Å²) in [5, 5.41) is 15.3. The number of hydrogen-bond donors (Lipinski definition) is 2. The first-order chi connectivity index (χ1) is 28.8. The predicted octanol–water partition coefficient (Wildman–Crippen LogP) is 13.5. The van der Waals surface area contributed by atoms with Gasteiger partial charge < -0.3 is 14.5 Å². The van der Waals surface area contributed by atoms with E-state index < -0.39 is 0 Å². The van der Waals surface area contributed by atoms with E-state index >= 15 is 0 Å². The molecule has 2 aromatic heterocycles. The summed E-state index contributed by atoms with van der Waals surface area (Å²) in [5.41, 5.74) is 14.4. The largest absolute Gasteiger partial charge is 0.365 e. The second kappa shape index (κ2) is 13.1. The highest BCUT2D eigenvalue weighted by atomic mass is 15.2. The van der Waals surface area contributed by atoms with Gasteiger partial charge in [0.15, 0.2) is 0 Å². The Morgan fingerprint density at radius 3 is 1.83 bits per heavy atom. The summed E-state index contributed by atoms with van der Waals surface area (Å²) >= 11 is 0. The zero-order chi connectivity index (χ0) is 38.2. The fraction of sp³-hybridized carbons (Fsp3) is 0.0370. The molecule has 0 fully saturated rings. The Balaban J connectivity index is 0.995. The summed E-state index contributed by atoms with van der Waals surface area (Å²) in [7, 11) is 0. The highest BCUT2D eigenvalue weighted by molar-refractivity contribution is 6.17. The molecular formula is C54H38N4. The highest BCUT2D eigenvalue weighted by Gasteiger charge is 2.29. The van der Waals surface area contributed by atoms with Crippen molar-refractivity contribution in [2.45, 2.75) is 12.2 Å². The molecule has 2 atom stereocenters. The van der Waals surface area contributed by atoms with Gasteiger partial charge in [0.2, 0.25) is 0 Å². The standard InChI is InChI=1S/C54H38N4/c1-3-15-37(16-4-1)54-55-52(46-33-28-35-14-7-8-19-42(35)53(46)56-54)36-26-30-40(31-27-36)57-48-24-12-10-21-45(48)51-41(22-13-25-49(51)57)38-29-32-44-43-20-9-11-23-47(43)58(50(44)34-38)39-17-5-2-6-18-39/h1-34,52,54-56H. The number of para-hydroxylation sites is 3. The third-order valence-electron chi connectivity index (χ3n) is 12.2. The van der Waals surface area contributed by atoms with E-state index in [4.69, 9.17) is 0 Å². The lowest BCUT2D eigenvalue weighted by molar-refractivity contribution is 0.507. The van der Waals surface area contributed by atoms with Crippen molar-refractivity contribution in [3.63, 3.8) is 0 Å². The highest BCUT2D eigenvalue weighted by Crippen LogP contribution is 2.43. The van der Waals surface area contributed by atoms with E-state index in [0.717, 1.165) is 11.4 Å². The molecule has 0 aliphatic carbocycles. The van der Waals surface area contributed by atoms with E-state index in [1.807, 2.05) is 0 Å². The normalized spacial score (nSPS) is 15.3. The Morgan fingerprint density at radius 2 is 1.02 bits per heavy atom. The SMILES string of the molecule is c1ccc(C2Nc3c(ccc4ccccc34)C(c3ccc(-n4c5ccccc5c5c(-c6ccc7c8ccccc8n(-c8ccccc8)c7c6)cccc54)cc3)N2)cc1. The van der Waals surface area contributed by atoms with E-state index in [2.05, 4.69) is 226 Å². The van der Waals surface area contributed by atoms with E-state index in [9.17, 15) is 0 Å². The molecule has 0 amide bonds. The van der Waals surface area contributed by atoms with Gasteiger partial charge in [-0.2, -0.15) is 0 Å². The van der Waals surface area contributed by atoms with Crippen molar-refractivity contribution in [1.29, 1.82) is 0 Å². The van der Waals surface area contributed by atoms with Gasteiger partial charge in [0.25, 0.3) is 0 Å². The second-order valence-corrected chi connectivity index (χ2v) is 15.4. The Labute approximate surface area is 336 Å². The Bertz CT molecular complexity index is 3340. The second-order valence-electron chi connectivity index (χ2n) is 15.4. The molecule has 9 aromatic carbocycles. The summed E-state index contributed by atoms with van der Waals surface area (Å²) < 4.78 is 4.83. The van der Waals surface area contributed by atoms with Crippen LogP contribution in [-0.4, -0.2) is 9.13 Å². The van der Waals surface area contributed by atoms with Crippen molar-refractivity contribution in [3.05, 3.63) is 223 Å². The molecular weight excluding hydrogens is 705 g/mol. The van der Waals surface area contributed by atoms with Crippen molar-refractivity contribution < 1.29 is 0 Å². The number of nitrogens with one attached hydrogen (secondary N) is 2. The minimum atomic E-state index is -0.0342. The van der Waals surface area contributed by atoms with Gasteiger partial charge in [-0.1, -0.05) is 158 Å². The van der Waals surface area contributed by atoms with Crippen LogP contribution in [0.5, 0.6) is 0 Å². The number of rotatable bonds is 5. The Hall–Kier alpha value is -7.40. The molecule has 2 unspecified atom stereocenters. The third kappa shape index (κ3) is 5.05. The first-order valence-electron chi connectivity index (χ1n) is 20.1. The van der Waals surface area contributed by atoms with Crippen molar-refractivity contribution in [1.82, 2.24) is 14.5 Å². The predicted molar refractivity (Wildman–Crippen MR) is 242 cm³/mol. The fourth-order valence-corrected chi connectivity index (χ4v) is 9.58. The average Bonchev–Trinajstić information content (AvgIpc) is 3.82. The molecule has 0 saturated carbocycles. The summed E-state index contributed by atoms with van der Waals surface area (Å²) in [6.07, 6.45) is -0.0342. The number of fused-ring (bicyclic) bond motifs is 9.